The van der Waals surface area contributed by atoms with Gasteiger partial charge in [0.25, 0.3) is 0 Å². The van der Waals surface area contributed by atoms with Gasteiger partial charge in [-0.05, 0) is 54.0 Å². The maximum absolute atomic E-state index is 13.6. The van der Waals surface area contributed by atoms with E-state index in [0.29, 0.717) is 39.1 Å². The Balaban J connectivity index is 1.43. The SMILES string of the molecule is Cc1ccsc1C1C(C#N)=C(N)N(c2nnc(SCC(=O)Nc3cccc(C(=O)O)c3)s2)C2=C1C(=O)CC(C)(C)C2. The smallest absolute Gasteiger partial charge is 0.335 e. The number of Topliss-reactive ketones (excluding diaryl/α,β-unsaturated/α-hetero) is 1. The summed E-state index contributed by atoms with van der Waals surface area (Å²) in [5.41, 5.74) is 9.41. The number of carboxylic acid groups (broad SMARTS) is 1. The Morgan fingerprint density at radius 3 is 2.76 bits per heavy atom. The number of nitrogens with two attached hydrogens (primary N) is 1. The van der Waals surface area contributed by atoms with Crippen molar-refractivity contribution in [1.29, 1.82) is 5.26 Å². The van der Waals surface area contributed by atoms with Gasteiger partial charge in [0.2, 0.25) is 11.0 Å². The number of aromatic nitrogens is 2. The average Bonchev–Trinajstić information content (AvgIpc) is 3.55. The summed E-state index contributed by atoms with van der Waals surface area (Å²) >= 11 is 3.89. The van der Waals surface area contributed by atoms with Crippen LogP contribution < -0.4 is 16.0 Å². The van der Waals surface area contributed by atoms with Crippen LogP contribution in [0.25, 0.3) is 0 Å². The van der Waals surface area contributed by atoms with Gasteiger partial charge < -0.3 is 16.2 Å². The molecule has 1 unspecified atom stereocenters. The molecule has 0 spiro atoms. The highest BCUT2D eigenvalue weighted by atomic mass is 32.2. The zero-order valence-corrected chi connectivity index (χ0v) is 24.9. The molecule has 3 heterocycles. The first kappa shape index (κ1) is 28.5. The molecular weight excluding hydrogens is 581 g/mol. The lowest BCUT2D eigenvalue weighted by Gasteiger charge is -2.42. The van der Waals surface area contributed by atoms with Crippen molar-refractivity contribution in [2.75, 3.05) is 16.0 Å². The van der Waals surface area contributed by atoms with E-state index in [1.54, 1.807) is 17.0 Å². The molecule has 210 valence electrons. The molecule has 0 radical (unpaired) electrons. The number of ketones is 1. The summed E-state index contributed by atoms with van der Waals surface area (Å²) in [6, 6.07) is 10.2. The summed E-state index contributed by atoms with van der Waals surface area (Å²) in [6.07, 6.45) is 0.926. The Morgan fingerprint density at radius 1 is 1.29 bits per heavy atom. The number of hydrogen-bond acceptors (Lipinski definition) is 11. The predicted molar refractivity (Wildman–Crippen MR) is 159 cm³/mol. The molecule has 41 heavy (non-hydrogen) atoms. The third kappa shape index (κ3) is 5.63. The largest absolute Gasteiger partial charge is 0.478 e. The molecule has 2 aliphatic rings. The van der Waals surface area contributed by atoms with Gasteiger partial charge in [-0.25, -0.2) is 4.79 Å². The number of allylic oxidation sites excluding steroid dienone is 3. The van der Waals surface area contributed by atoms with Crippen LogP contribution in [0.3, 0.4) is 0 Å². The minimum absolute atomic E-state index is 0.0120. The van der Waals surface area contributed by atoms with Gasteiger partial charge in [-0.15, -0.1) is 21.5 Å². The van der Waals surface area contributed by atoms with Gasteiger partial charge in [0.05, 0.1) is 28.9 Å². The number of carboxylic acids is 1. The van der Waals surface area contributed by atoms with E-state index < -0.39 is 11.9 Å². The van der Waals surface area contributed by atoms with E-state index in [0.717, 1.165) is 16.1 Å². The van der Waals surface area contributed by atoms with Crippen LogP contribution in [0.4, 0.5) is 10.8 Å². The molecule has 5 rings (SSSR count). The molecular formula is C28H26N6O4S3. The fourth-order valence-corrected chi connectivity index (χ4v) is 7.80. The molecule has 1 aliphatic carbocycles. The number of thioether (sulfide) groups is 1. The fraction of sp³-hybridized carbons (Fsp3) is 0.286. The molecule has 10 nitrogen and oxygen atoms in total. The lowest BCUT2D eigenvalue weighted by molar-refractivity contribution is -0.118. The van der Waals surface area contributed by atoms with Crippen molar-refractivity contribution in [3.63, 3.8) is 0 Å². The van der Waals surface area contributed by atoms with E-state index >= 15 is 0 Å². The Labute approximate surface area is 248 Å². The molecule has 13 heteroatoms. The molecule has 3 aromatic rings. The summed E-state index contributed by atoms with van der Waals surface area (Å²) in [5, 5.41) is 33.0. The predicted octanol–water partition coefficient (Wildman–Crippen LogP) is 5.28. The van der Waals surface area contributed by atoms with Crippen molar-refractivity contribution in [1.82, 2.24) is 10.2 Å². The summed E-state index contributed by atoms with van der Waals surface area (Å²) in [7, 11) is 0. The van der Waals surface area contributed by atoms with E-state index in [4.69, 9.17) is 10.8 Å². The standard InChI is InChI=1S/C28H26N6O4S3/c1-14-7-8-39-23(14)21-17(12-29)24(30)34(18-10-28(2,3)11-19(35)22(18)21)26-32-33-27(41-26)40-13-20(36)31-16-6-4-5-15(9-16)25(37)38/h4-9,21H,10-11,13,30H2,1-3H3,(H,31,36)(H,37,38). The number of nitrogens with one attached hydrogen (secondary N) is 1. The van der Waals surface area contributed by atoms with Crippen molar-refractivity contribution in [3.8, 4) is 6.07 Å². The molecule has 1 amide bonds. The van der Waals surface area contributed by atoms with Gasteiger partial charge in [0.15, 0.2) is 10.1 Å². The zero-order valence-electron chi connectivity index (χ0n) is 22.4. The fourth-order valence-electron chi connectivity index (χ4n) is 5.08. The second-order valence-corrected chi connectivity index (χ2v) is 13.6. The molecule has 0 saturated heterocycles. The Kier molecular flexibility index (Phi) is 7.74. The molecule has 0 bridgehead atoms. The van der Waals surface area contributed by atoms with Crippen LogP contribution in [-0.4, -0.2) is 38.7 Å². The lowest BCUT2D eigenvalue weighted by Crippen LogP contribution is -2.42. The average molecular weight is 607 g/mol. The van der Waals surface area contributed by atoms with E-state index in [2.05, 4.69) is 21.6 Å². The monoisotopic (exact) mass is 606 g/mol. The highest BCUT2D eigenvalue weighted by molar-refractivity contribution is 8.01. The van der Waals surface area contributed by atoms with Crippen molar-refractivity contribution < 1.29 is 19.5 Å². The Morgan fingerprint density at radius 2 is 2.07 bits per heavy atom. The van der Waals surface area contributed by atoms with Crippen LogP contribution in [0.1, 0.15) is 53.4 Å². The number of aromatic carboxylic acids is 1. The van der Waals surface area contributed by atoms with Crippen molar-refractivity contribution in [3.05, 3.63) is 74.4 Å². The first-order valence-electron chi connectivity index (χ1n) is 12.6. The molecule has 1 aromatic carbocycles. The van der Waals surface area contributed by atoms with Gasteiger partial charge in [-0.1, -0.05) is 43.0 Å². The topological polar surface area (TPSA) is 162 Å². The number of hydrogen-bond donors (Lipinski definition) is 3. The number of nitrogens with zero attached hydrogens (tertiary/aromatic N) is 4. The first-order valence-corrected chi connectivity index (χ1v) is 15.3. The molecule has 1 aliphatic heterocycles. The summed E-state index contributed by atoms with van der Waals surface area (Å²) in [5.74, 6) is -1.72. The summed E-state index contributed by atoms with van der Waals surface area (Å²) in [4.78, 5) is 40.0. The number of aryl methyl sites for hydroxylation is 1. The number of benzene rings is 1. The number of thiophene rings is 1. The number of carbonyl (C=O) groups excluding carboxylic acids is 2. The van der Waals surface area contributed by atoms with Crippen molar-refractivity contribution >= 4 is 62.9 Å². The number of amides is 1. The van der Waals surface area contributed by atoms with Crippen LogP contribution >= 0.6 is 34.4 Å². The maximum atomic E-state index is 13.6. The highest BCUT2D eigenvalue weighted by Crippen LogP contribution is 2.51. The second kappa shape index (κ2) is 11.1. The molecule has 4 N–H and O–H groups in total. The van der Waals surface area contributed by atoms with E-state index in [1.165, 1.54) is 46.6 Å². The van der Waals surface area contributed by atoms with Crippen LogP contribution in [0, 0.1) is 23.7 Å². The van der Waals surface area contributed by atoms with Crippen molar-refractivity contribution in [2.45, 2.75) is 43.9 Å². The molecule has 0 saturated carbocycles. The number of carbonyl (C=O) groups is 3. The molecule has 1 atom stereocenters. The highest BCUT2D eigenvalue weighted by Gasteiger charge is 2.46. The van der Waals surface area contributed by atoms with Gasteiger partial charge in [0.1, 0.15) is 5.82 Å². The Bertz CT molecular complexity index is 1680. The third-order valence-electron chi connectivity index (χ3n) is 6.85. The second-order valence-electron chi connectivity index (χ2n) is 10.5. The van der Waals surface area contributed by atoms with Crippen LogP contribution in [-0.2, 0) is 9.59 Å². The van der Waals surface area contributed by atoms with Gasteiger partial charge in [-0.3, -0.25) is 14.5 Å². The van der Waals surface area contributed by atoms with E-state index in [-0.39, 0.29) is 34.2 Å². The summed E-state index contributed by atoms with van der Waals surface area (Å²) < 4.78 is 0.500. The number of nitriles is 1. The number of anilines is 2. The van der Waals surface area contributed by atoms with Gasteiger partial charge in [-0.2, -0.15) is 5.26 Å². The van der Waals surface area contributed by atoms with Crippen molar-refractivity contribution in [2.24, 2.45) is 11.1 Å². The van der Waals surface area contributed by atoms with Crippen LogP contribution in [0.15, 0.2) is 62.7 Å². The lowest BCUT2D eigenvalue weighted by atomic mass is 9.69. The van der Waals surface area contributed by atoms with E-state index in [1.807, 2.05) is 32.2 Å². The van der Waals surface area contributed by atoms with Crippen LogP contribution in [0.2, 0.25) is 0 Å². The molecule has 2 aromatic heterocycles. The van der Waals surface area contributed by atoms with Gasteiger partial charge in [0, 0.05) is 28.3 Å². The zero-order chi connectivity index (χ0) is 29.5. The normalized spacial score (nSPS) is 18.2. The quantitative estimate of drug-likeness (QED) is 0.302. The number of rotatable bonds is 7. The van der Waals surface area contributed by atoms with Crippen LogP contribution in [0.5, 0.6) is 0 Å². The van der Waals surface area contributed by atoms with E-state index in [9.17, 15) is 19.6 Å². The minimum Gasteiger partial charge on any atom is -0.478 e. The maximum Gasteiger partial charge on any atom is 0.335 e. The Hall–Kier alpha value is -3.99. The van der Waals surface area contributed by atoms with Gasteiger partial charge >= 0.3 is 5.97 Å². The molecule has 0 fully saturated rings. The summed E-state index contributed by atoms with van der Waals surface area (Å²) in [6.45, 7) is 6.03. The first-order chi connectivity index (χ1) is 19.5. The minimum atomic E-state index is -1.08. The third-order valence-corrected chi connectivity index (χ3v) is 9.98.